The van der Waals surface area contributed by atoms with Gasteiger partial charge in [-0.2, -0.15) is 0 Å². The van der Waals surface area contributed by atoms with E-state index in [2.05, 4.69) is 38.2 Å². The Morgan fingerprint density at radius 3 is 2.20 bits per heavy atom. The molecule has 0 aliphatic rings. The van der Waals surface area contributed by atoms with Crippen LogP contribution in [0.1, 0.15) is 45.2 Å². The van der Waals surface area contributed by atoms with E-state index in [1.165, 1.54) is 5.56 Å². The van der Waals surface area contributed by atoms with Gasteiger partial charge in [0.05, 0.1) is 0 Å². The van der Waals surface area contributed by atoms with Crippen LogP contribution in [0.2, 0.25) is 5.02 Å². The van der Waals surface area contributed by atoms with Crippen molar-refractivity contribution in [1.29, 1.82) is 0 Å². The summed E-state index contributed by atoms with van der Waals surface area (Å²) in [7, 11) is 0. The molecule has 2 atom stereocenters. The number of halogens is 1. The predicted octanol–water partition coefficient (Wildman–Crippen LogP) is 4.18. The van der Waals surface area contributed by atoms with Crippen LogP contribution in [-0.2, 0) is 0 Å². The molecule has 15 heavy (non-hydrogen) atoms. The third-order valence-electron chi connectivity index (χ3n) is 2.78. The summed E-state index contributed by atoms with van der Waals surface area (Å²) in [6.45, 7) is 6.62. The summed E-state index contributed by atoms with van der Waals surface area (Å²) < 4.78 is 0. The second kappa shape index (κ2) is 6.14. The molecule has 0 aliphatic carbocycles. The molecule has 0 fully saturated rings. The zero-order valence-electron chi connectivity index (χ0n) is 9.76. The Balaban J connectivity index is 2.69. The molecule has 0 amide bonds. The normalized spacial score (nSPS) is 14.9. The largest absolute Gasteiger partial charge is 0.307 e. The Hall–Kier alpha value is -0.530. The molecule has 0 unspecified atom stereocenters. The number of rotatable bonds is 5. The molecule has 0 saturated carbocycles. The van der Waals surface area contributed by atoms with Crippen LogP contribution in [0.25, 0.3) is 0 Å². The highest BCUT2D eigenvalue weighted by atomic mass is 35.5. The lowest BCUT2D eigenvalue weighted by molar-refractivity contribution is 0.437. The highest BCUT2D eigenvalue weighted by molar-refractivity contribution is 6.30. The summed E-state index contributed by atoms with van der Waals surface area (Å²) in [5.41, 5.74) is 1.32. The van der Waals surface area contributed by atoms with Crippen LogP contribution >= 0.6 is 11.6 Å². The summed E-state index contributed by atoms with van der Waals surface area (Å²) in [6.07, 6.45) is 2.26. The molecule has 1 rings (SSSR count). The molecule has 0 bridgehead atoms. The predicted molar refractivity (Wildman–Crippen MR) is 67.4 cm³/mol. The topological polar surface area (TPSA) is 12.0 Å². The van der Waals surface area contributed by atoms with Crippen LogP contribution in [0.4, 0.5) is 0 Å². The number of hydrogen-bond acceptors (Lipinski definition) is 1. The monoisotopic (exact) mass is 225 g/mol. The molecule has 2 heteroatoms. The quantitative estimate of drug-likeness (QED) is 0.793. The van der Waals surface area contributed by atoms with Crippen LogP contribution in [0.3, 0.4) is 0 Å². The van der Waals surface area contributed by atoms with E-state index in [9.17, 15) is 0 Å². The van der Waals surface area contributed by atoms with Crippen LogP contribution < -0.4 is 5.32 Å². The minimum atomic E-state index is 0.442. The fourth-order valence-corrected chi connectivity index (χ4v) is 1.73. The highest BCUT2D eigenvalue weighted by Crippen LogP contribution is 2.19. The van der Waals surface area contributed by atoms with Gasteiger partial charge in [-0.25, -0.2) is 0 Å². The Bertz CT molecular complexity index is 281. The van der Waals surface area contributed by atoms with Crippen molar-refractivity contribution in [3.63, 3.8) is 0 Å². The lowest BCUT2D eigenvalue weighted by Crippen LogP contribution is -2.29. The zero-order valence-corrected chi connectivity index (χ0v) is 10.5. The standard InChI is InChI=1S/C13H20ClN/c1-4-10(3)15-13(5-2)11-6-8-12(14)9-7-11/h6-10,13,15H,4-5H2,1-3H3/t10-,13+/m1/s1. The SMILES string of the molecule is CC[C@@H](C)N[C@@H](CC)c1ccc(Cl)cc1. The van der Waals surface area contributed by atoms with E-state index in [1.807, 2.05) is 12.1 Å². The first-order valence-electron chi connectivity index (χ1n) is 5.68. The van der Waals surface area contributed by atoms with Gasteiger partial charge < -0.3 is 5.32 Å². The molecule has 1 aromatic carbocycles. The number of hydrogen-bond donors (Lipinski definition) is 1. The average Bonchev–Trinajstić information content (AvgIpc) is 2.27. The van der Waals surface area contributed by atoms with E-state index < -0.39 is 0 Å². The Kier molecular flexibility index (Phi) is 5.13. The summed E-state index contributed by atoms with van der Waals surface area (Å²) in [5, 5.41) is 4.41. The lowest BCUT2D eigenvalue weighted by Gasteiger charge is -2.21. The molecular weight excluding hydrogens is 206 g/mol. The minimum absolute atomic E-state index is 0.442. The summed E-state index contributed by atoms with van der Waals surface area (Å²) in [5.74, 6) is 0. The van der Waals surface area contributed by atoms with Gasteiger partial charge >= 0.3 is 0 Å². The number of benzene rings is 1. The van der Waals surface area contributed by atoms with Crippen molar-refractivity contribution in [3.8, 4) is 0 Å². The molecule has 1 nitrogen and oxygen atoms in total. The van der Waals surface area contributed by atoms with Gasteiger partial charge in [0.2, 0.25) is 0 Å². The molecule has 0 radical (unpaired) electrons. The summed E-state index contributed by atoms with van der Waals surface area (Å²) in [6, 6.07) is 9.12. The van der Waals surface area contributed by atoms with Gasteiger partial charge in [0.1, 0.15) is 0 Å². The lowest BCUT2D eigenvalue weighted by atomic mass is 10.0. The van der Waals surface area contributed by atoms with Crippen LogP contribution in [0, 0.1) is 0 Å². The first-order chi connectivity index (χ1) is 7.17. The maximum Gasteiger partial charge on any atom is 0.0406 e. The maximum atomic E-state index is 5.87. The van der Waals surface area contributed by atoms with Crippen molar-refractivity contribution in [1.82, 2.24) is 5.32 Å². The molecule has 1 N–H and O–H groups in total. The van der Waals surface area contributed by atoms with Gasteiger partial charge in [-0.15, -0.1) is 0 Å². The van der Waals surface area contributed by atoms with E-state index >= 15 is 0 Å². The van der Waals surface area contributed by atoms with E-state index in [4.69, 9.17) is 11.6 Å². The van der Waals surface area contributed by atoms with E-state index in [0.29, 0.717) is 12.1 Å². The molecule has 0 heterocycles. The fraction of sp³-hybridized carbons (Fsp3) is 0.538. The van der Waals surface area contributed by atoms with Crippen molar-refractivity contribution in [2.45, 2.75) is 45.7 Å². The first kappa shape index (κ1) is 12.5. The van der Waals surface area contributed by atoms with Gasteiger partial charge in [0, 0.05) is 17.1 Å². The number of nitrogens with one attached hydrogen (secondary N) is 1. The van der Waals surface area contributed by atoms with Gasteiger partial charge in [-0.3, -0.25) is 0 Å². The van der Waals surface area contributed by atoms with Crippen LogP contribution in [0.15, 0.2) is 24.3 Å². The Labute approximate surface area is 97.8 Å². The molecule has 0 saturated heterocycles. The molecular formula is C13H20ClN. The summed E-state index contributed by atoms with van der Waals surface area (Å²) >= 11 is 5.87. The zero-order chi connectivity index (χ0) is 11.3. The molecule has 84 valence electrons. The molecule has 0 aliphatic heterocycles. The van der Waals surface area contributed by atoms with Crippen LogP contribution in [0.5, 0.6) is 0 Å². The summed E-state index contributed by atoms with van der Waals surface area (Å²) in [4.78, 5) is 0. The Morgan fingerprint density at radius 2 is 1.73 bits per heavy atom. The highest BCUT2D eigenvalue weighted by Gasteiger charge is 2.10. The van der Waals surface area contributed by atoms with Crippen molar-refractivity contribution >= 4 is 11.6 Å². The van der Waals surface area contributed by atoms with Crippen molar-refractivity contribution in [2.24, 2.45) is 0 Å². The molecule has 1 aromatic rings. The van der Waals surface area contributed by atoms with Gasteiger partial charge in [-0.05, 0) is 37.5 Å². The Morgan fingerprint density at radius 1 is 1.13 bits per heavy atom. The maximum absolute atomic E-state index is 5.87. The van der Waals surface area contributed by atoms with Gasteiger partial charge in [0.25, 0.3) is 0 Å². The van der Waals surface area contributed by atoms with Crippen molar-refractivity contribution in [3.05, 3.63) is 34.9 Å². The fourth-order valence-electron chi connectivity index (χ4n) is 1.61. The van der Waals surface area contributed by atoms with Gasteiger partial charge in [0.15, 0.2) is 0 Å². The minimum Gasteiger partial charge on any atom is -0.307 e. The van der Waals surface area contributed by atoms with E-state index in [-0.39, 0.29) is 0 Å². The smallest absolute Gasteiger partial charge is 0.0406 e. The molecule has 0 aromatic heterocycles. The van der Waals surface area contributed by atoms with Gasteiger partial charge in [-0.1, -0.05) is 37.6 Å². The molecule has 0 spiro atoms. The third-order valence-corrected chi connectivity index (χ3v) is 3.03. The van der Waals surface area contributed by atoms with Crippen molar-refractivity contribution in [2.75, 3.05) is 0 Å². The second-order valence-corrected chi connectivity index (χ2v) is 4.42. The van der Waals surface area contributed by atoms with Crippen molar-refractivity contribution < 1.29 is 0 Å². The van der Waals surface area contributed by atoms with E-state index in [0.717, 1.165) is 17.9 Å². The van der Waals surface area contributed by atoms with E-state index in [1.54, 1.807) is 0 Å². The average molecular weight is 226 g/mol. The first-order valence-corrected chi connectivity index (χ1v) is 6.06. The third kappa shape index (κ3) is 3.84. The second-order valence-electron chi connectivity index (χ2n) is 3.99. The van der Waals surface area contributed by atoms with Crippen LogP contribution in [-0.4, -0.2) is 6.04 Å².